The largest absolute Gasteiger partial charge is 0.489 e. The summed E-state index contributed by atoms with van der Waals surface area (Å²) in [6, 6.07) is 10.1. The molecular formula is C21H25FN2O2. The van der Waals surface area contributed by atoms with Crippen molar-refractivity contribution in [1.29, 1.82) is 0 Å². The molecule has 26 heavy (non-hydrogen) atoms. The Morgan fingerprint density at radius 2 is 1.85 bits per heavy atom. The van der Waals surface area contributed by atoms with Gasteiger partial charge in [0.2, 0.25) is 5.91 Å². The van der Waals surface area contributed by atoms with Crippen molar-refractivity contribution in [2.75, 3.05) is 0 Å². The molecule has 5 heteroatoms. The highest BCUT2D eigenvalue weighted by Crippen LogP contribution is 2.33. The Labute approximate surface area is 153 Å². The monoisotopic (exact) mass is 356 g/mol. The molecule has 138 valence electrons. The van der Waals surface area contributed by atoms with Crippen LogP contribution in [0.4, 0.5) is 4.39 Å². The Bertz CT molecular complexity index is 774. The van der Waals surface area contributed by atoms with Crippen LogP contribution in [0, 0.1) is 5.82 Å². The van der Waals surface area contributed by atoms with E-state index >= 15 is 0 Å². The minimum Gasteiger partial charge on any atom is -0.489 e. The lowest BCUT2D eigenvalue weighted by Gasteiger charge is -2.23. The van der Waals surface area contributed by atoms with Gasteiger partial charge in [-0.1, -0.05) is 18.2 Å². The summed E-state index contributed by atoms with van der Waals surface area (Å²) < 4.78 is 19.1. The molecule has 3 N–H and O–H groups in total. The summed E-state index contributed by atoms with van der Waals surface area (Å²) >= 11 is 0. The van der Waals surface area contributed by atoms with Gasteiger partial charge in [0.15, 0.2) is 0 Å². The van der Waals surface area contributed by atoms with E-state index in [0.717, 1.165) is 37.0 Å². The molecule has 0 aliphatic heterocycles. The highest BCUT2D eigenvalue weighted by molar-refractivity contribution is 5.79. The molecule has 0 bridgehead atoms. The molecule has 1 amide bonds. The number of carbonyl (C=O) groups excluding carboxylic acids is 1. The van der Waals surface area contributed by atoms with Gasteiger partial charge in [0.05, 0.1) is 6.04 Å². The summed E-state index contributed by atoms with van der Waals surface area (Å²) in [5.74, 6) is 0.307. The van der Waals surface area contributed by atoms with Crippen LogP contribution >= 0.6 is 0 Å². The van der Waals surface area contributed by atoms with Crippen LogP contribution in [0.25, 0.3) is 0 Å². The fraction of sp³-hybridized carbons (Fsp3) is 0.381. The summed E-state index contributed by atoms with van der Waals surface area (Å²) in [6.45, 7) is 2.81. The second-order valence-electron chi connectivity index (χ2n) is 6.81. The van der Waals surface area contributed by atoms with E-state index in [1.807, 2.05) is 6.07 Å². The number of carbonyl (C=O) groups is 1. The van der Waals surface area contributed by atoms with Gasteiger partial charge >= 0.3 is 0 Å². The topological polar surface area (TPSA) is 64.3 Å². The second kappa shape index (κ2) is 8.32. The molecule has 2 aromatic rings. The standard InChI is InChI=1S/C21H25FN2O2/c1-14(21(23)25)24-12-16-8-11-20(19-5-3-2-4-18(16)19)26-13-15-6-9-17(22)10-7-15/h6-11,14,24H,2-5,12-13H2,1H3,(H2,23,25)/t14-/m0/s1. The van der Waals surface area contributed by atoms with Gasteiger partial charge in [0, 0.05) is 6.54 Å². The maximum Gasteiger partial charge on any atom is 0.234 e. The molecule has 0 radical (unpaired) electrons. The van der Waals surface area contributed by atoms with Gasteiger partial charge in [0.1, 0.15) is 18.2 Å². The Balaban J connectivity index is 1.74. The van der Waals surface area contributed by atoms with Gasteiger partial charge in [0.25, 0.3) is 0 Å². The van der Waals surface area contributed by atoms with Crippen LogP contribution in [-0.2, 0) is 30.8 Å². The van der Waals surface area contributed by atoms with Gasteiger partial charge < -0.3 is 15.8 Å². The van der Waals surface area contributed by atoms with E-state index in [0.29, 0.717) is 13.2 Å². The lowest BCUT2D eigenvalue weighted by atomic mass is 9.87. The van der Waals surface area contributed by atoms with Gasteiger partial charge in [-0.3, -0.25) is 4.79 Å². The first-order valence-corrected chi connectivity index (χ1v) is 9.08. The number of hydrogen-bond acceptors (Lipinski definition) is 3. The average Bonchev–Trinajstić information content (AvgIpc) is 2.66. The predicted octanol–water partition coefficient (Wildman–Crippen LogP) is 3.25. The van der Waals surface area contributed by atoms with E-state index in [4.69, 9.17) is 10.5 Å². The smallest absolute Gasteiger partial charge is 0.234 e. The minimum atomic E-state index is -0.358. The maximum absolute atomic E-state index is 13.0. The molecule has 0 saturated carbocycles. The molecule has 3 rings (SSSR count). The normalized spacial score (nSPS) is 14.5. The number of rotatable bonds is 7. The molecule has 0 spiro atoms. The van der Waals surface area contributed by atoms with Crippen LogP contribution in [0.15, 0.2) is 36.4 Å². The van der Waals surface area contributed by atoms with E-state index in [1.165, 1.54) is 28.8 Å². The quantitative estimate of drug-likeness (QED) is 0.800. The van der Waals surface area contributed by atoms with Gasteiger partial charge in [-0.15, -0.1) is 0 Å². The Kier molecular flexibility index (Phi) is 5.89. The number of amides is 1. The molecule has 0 fully saturated rings. The minimum absolute atomic E-state index is 0.242. The summed E-state index contributed by atoms with van der Waals surface area (Å²) in [4.78, 5) is 11.2. The maximum atomic E-state index is 13.0. The SMILES string of the molecule is C[C@H](NCc1ccc(OCc2ccc(F)cc2)c2c1CCCC2)C(N)=O. The molecule has 1 aliphatic carbocycles. The summed E-state index contributed by atoms with van der Waals surface area (Å²) in [7, 11) is 0. The van der Waals surface area contributed by atoms with E-state index in [2.05, 4.69) is 11.4 Å². The molecular weight excluding hydrogens is 331 g/mol. The van der Waals surface area contributed by atoms with Crippen LogP contribution in [0.1, 0.15) is 42.0 Å². The van der Waals surface area contributed by atoms with Gasteiger partial charge in [-0.05, 0) is 73.1 Å². The molecule has 1 atom stereocenters. The van der Waals surface area contributed by atoms with E-state index < -0.39 is 0 Å². The molecule has 0 heterocycles. The number of fused-ring (bicyclic) bond motifs is 1. The van der Waals surface area contributed by atoms with Crippen molar-refractivity contribution in [1.82, 2.24) is 5.32 Å². The first-order chi connectivity index (χ1) is 12.5. The summed E-state index contributed by atoms with van der Waals surface area (Å²) in [5, 5.41) is 3.18. The molecule has 0 saturated heterocycles. The third-order valence-electron chi connectivity index (χ3n) is 4.92. The van der Waals surface area contributed by atoms with Crippen molar-refractivity contribution in [2.24, 2.45) is 5.73 Å². The van der Waals surface area contributed by atoms with Crippen molar-refractivity contribution in [2.45, 2.75) is 51.8 Å². The fourth-order valence-electron chi connectivity index (χ4n) is 3.32. The molecule has 4 nitrogen and oxygen atoms in total. The third kappa shape index (κ3) is 4.41. The fourth-order valence-corrected chi connectivity index (χ4v) is 3.32. The van der Waals surface area contributed by atoms with Crippen LogP contribution in [0.3, 0.4) is 0 Å². The Morgan fingerprint density at radius 1 is 1.15 bits per heavy atom. The van der Waals surface area contributed by atoms with Crippen LogP contribution in [0.5, 0.6) is 5.75 Å². The molecule has 2 aromatic carbocycles. The number of nitrogens with two attached hydrogens (primary N) is 1. The third-order valence-corrected chi connectivity index (χ3v) is 4.92. The Hall–Kier alpha value is -2.40. The van der Waals surface area contributed by atoms with Gasteiger partial charge in [-0.25, -0.2) is 4.39 Å². The summed E-state index contributed by atoms with van der Waals surface area (Å²) in [6.07, 6.45) is 4.32. The van der Waals surface area contributed by atoms with Crippen LogP contribution in [0.2, 0.25) is 0 Å². The lowest BCUT2D eigenvalue weighted by Crippen LogP contribution is -2.38. The number of benzene rings is 2. The van der Waals surface area contributed by atoms with Crippen LogP contribution in [-0.4, -0.2) is 11.9 Å². The van der Waals surface area contributed by atoms with Crippen molar-refractivity contribution < 1.29 is 13.9 Å². The average molecular weight is 356 g/mol. The van der Waals surface area contributed by atoms with Crippen molar-refractivity contribution >= 4 is 5.91 Å². The first-order valence-electron chi connectivity index (χ1n) is 9.08. The highest BCUT2D eigenvalue weighted by Gasteiger charge is 2.19. The number of halogens is 1. The zero-order valence-corrected chi connectivity index (χ0v) is 15.1. The second-order valence-corrected chi connectivity index (χ2v) is 6.81. The van der Waals surface area contributed by atoms with Crippen LogP contribution < -0.4 is 15.8 Å². The molecule has 0 unspecified atom stereocenters. The summed E-state index contributed by atoms with van der Waals surface area (Å²) in [5.41, 5.74) is 10.0. The van der Waals surface area contributed by atoms with Gasteiger partial charge in [-0.2, -0.15) is 0 Å². The van der Waals surface area contributed by atoms with Crippen molar-refractivity contribution in [3.05, 3.63) is 64.5 Å². The molecule has 0 aromatic heterocycles. The van der Waals surface area contributed by atoms with E-state index in [9.17, 15) is 9.18 Å². The first kappa shape index (κ1) is 18.4. The van der Waals surface area contributed by atoms with E-state index in [1.54, 1.807) is 19.1 Å². The number of primary amides is 1. The lowest BCUT2D eigenvalue weighted by molar-refractivity contribution is -0.119. The Morgan fingerprint density at radius 3 is 2.54 bits per heavy atom. The van der Waals surface area contributed by atoms with E-state index in [-0.39, 0.29) is 17.8 Å². The van der Waals surface area contributed by atoms with Crippen molar-refractivity contribution in [3.8, 4) is 5.75 Å². The molecule has 1 aliphatic rings. The number of nitrogens with one attached hydrogen (secondary N) is 1. The highest BCUT2D eigenvalue weighted by atomic mass is 19.1. The van der Waals surface area contributed by atoms with Crippen molar-refractivity contribution in [3.63, 3.8) is 0 Å². The zero-order valence-electron chi connectivity index (χ0n) is 15.1. The number of ether oxygens (including phenoxy) is 1. The number of hydrogen-bond donors (Lipinski definition) is 2. The zero-order chi connectivity index (χ0) is 18.5. The predicted molar refractivity (Wildman–Crippen MR) is 99.3 cm³/mol.